The molecule has 1 aromatic carbocycles. The van der Waals surface area contributed by atoms with Gasteiger partial charge in [-0.1, -0.05) is 0 Å². The van der Waals surface area contributed by atoms with Crippen molar-refractivity contribution in [2.24, 2.45) is 5.73 Å². The molecular weight excluding hydrogens is 215 g/mol. The second-order valence-corrected chi connectivity index (χ2v) is 2.92. The van der Waals surface area contributed by atoms with E-state index in [4.69, 9.17) is 21.1 Å². The van der Waals surface area contributed by atoms with Gasteiger partial charge in [0.05, 0.1) is 5.56 Å². The number of alkyl halides is 3. The Morgan fingerprint density at radius 3 is 1.80 bits per heavy atom. The van der Waals surface area contributed by atoms with Crippen molar-refractivity contribution < 1.29 is 28.5 Å². The van der Waals surface area contributed by atoms with Gasteiger partial charge in [-0.05, 0) is 0 Å². The molecule has 0 saturated heterocycles. The van der Waals surface area contributed by atoms with E-state index in [2.05, 4.69) is 0 Å². The zero-order valence-corrected chi connectivity index (χ0v) is 7.28. The number of aromatic hydroxyl groups is 3. The molecule has 5 N–H and O–H groups in total. The van der Waals surface area contributed by atoms with Crippen LogP contribution in [0.5, 0.6) is 17.2 Å². The lowest BCUT2D eigenvalue weighted by atomic mass is 10.0. The molecule has 84 valence electrons. The fourth-order valence-corrected chi connectivity index (χ4v) is 1.09. The number of halogens is 3. The van der Waals surface area contributed by atoms with Crippen molar-refractivity contribution in [1.82, 2.24) is 0 Å². The van der Waals surface area contributed by atoms with Crippen molar-refractivity contribution in [1.29, 1.82) is 0 Å². The minimum Gasteiger partial charge on any atom is -0.508 e. The molecule has 1 rings (SSSR count). The molecule has 1 unspecified atom stereocenters. The van der Waals surface area contributed by atoms with Crippen molar-refractivity contribution in [3.63, 3.8) is 0 Å². The van der Waals surface area contributed by atoms with E-state index in [1.807, 2.05) is 0 Å². The summed E-state index contributed by atoms with van der Waals surface area (Å²) in [7, 11) is 0. The van der Waals surface area contributed by atoms with Crippen LogP contribution in [-0.2, 0) is 0 Å². The van der Waals surface area contributed by atoms with Gasteiger partial charge in [-0.2, -0.15) is 13.2 Å². The van der Waals surface area contributed by atoms with Gasteiger partial charge in [0, 0.05) is 12.1 Å². The number of rotatable bonds is 1. The highest BCUT2D eigenvalue weighted by Crippen LogP contribution is 2.41. The Labute approximate surface area is 82.4 Å². The zero-order valence-electron chi connectivity index (χ0n) is 7.28. The summed E-state index contributed by atoms with van der Waals surface area (Å²) in [4.78, 5) is 0. The Morgan fingerprint density at radius 1 is 1.07 bits per heavy atom. The molecule has 0 bridgehead atoms. The van der Waals surface area contributed by atoms with E-state index >= 15 is 0 Å². The van der Waals surface area contributed by atoms with E-state index in [1.165, 1.54) is 0 Å². The van der Waals surface area contributed by atoms with E-state index < -0.39 is 35.0 Å². The first-order valence-electron chi connectivity index (χ1n) is 3.80. The van der Waals surface area contributed by atoms with Crippen LogP contribution >= 0.6 is 0 Å². The van der Waals surface area contributed by atoms with Crippen LogP contribution in [0.1, 0.15) is 11.6 Å². The van der Waals surface area contributed by atoms with Gasteiger partial charge in [0.2, 0.25) is 0 Å². The van der Waals surface area contributed by atoms with Gasteiger partial charge < -0.3 is 21.1 Å². The lowest BCUT2D eigenvalue weighted by molar-refractivity contribution is -0.149. The molecule has 0 amide bonds. The fourth-order valence-electron chi connectivity index (χ4n) is 1.09. The molecule has 15 heavy (non-hydrogen) atoms. The van der Waals surface area contributed by atoms with E-state index in [0.29, 0.717) is 12.1 Å². The Balaban J connectivity index is 3.26. The smallest absolute Gasteiger partial charge is 0.407 e. The standard InChI is InChI=1S/C8H8F3NO3/c9-8(10,11)7(12)6-4(14)1-3(13)2-5(6)15/h1-2,7,13-15H,12H2. The monoisotopic (exact) mass is 223 g/mol. The van der Waals surface area contributed by atoms with Crippen molar-refractivity contribution in [2.75, 3.05) is 0 Å². The van der Waals surface area contributed by atoms with Crippen LogP contribution in [0, 0.1) is 0 Å². The lowest BCUT2D eigenvalue weighted by Gasteiger charge is -2.18. The highest BCUT2D eigenvalue weighted by atomic mass is 19.4. The van der Waals surface area contributed by atoms with Crippen molar-refractivity contribution >= 4 is 0 Å². The maximum Gasteiger partial charge on any atom is 0.407 e. The summed E-state index contributed by atoms with van der Waals surface area (Å²) < 4.78 is 36.6. The molecule has 7 heteroatoms. The summed E-state index contributed by atoms with van der Waals surface area (Å²) in [6, 6.07) is -1.17. The summed E-state index contributed by atoms with van der Waals surface area (Å²) in [5.41, 5.74) is 3.94. The van der Waals surface area contributed by atoms with Gasteiger partial charge >= 0.3 is 6.18 Å². The normalized spacial score (nSPS) is 13.9. The minimum absolute atomic E-state index is 0.553. The highest BCUT2D eigenvalue weighted by molar-refractivity contribution is 5.50. The predicted octanol–water partition coefficient (Wildman–Crippen LogP) is 1.37. The van der Waals surface area contributed by atoms with Gasteiger partial charge in [0.1, 0.15) is 23.3 Å². The van der Waals surface area contributed by atoms with E-state index in [-0.39, 0.29) is 0 Å². The first-order chi connectivity index (χ1) is 6.73. The second kappa shape index (κ2) is 3.50. The Bertz CT molecular complexity index is 355. The van der Waals surface area contributed by atoms with Crippen LogP contribution < -0.4 is 5.73 Å². The van der Waals surface area contributed by atoms with Crippen molar-refractivity contribution in [3.05, 3.63) is 17.7 Å². The molecule has 0 saturated carbocycles. The van der Waals surface area contributed by atoms with Crippen LogP contribution in [0.3, 0.4) is 0 Å². The van der Waals surface area contributed by atoms with Gasteiger partial charge in [-0.25, -0.2) is 0 Å². The Morgan fingerprint density at radius 2 is 1.47 bits per heavy atom. The summed E-state index contributed by atoms with van der Waals surface area (Å²) >= 11 is 0. The third-order valence-corrected chi connectivity index (χ3v) is 1.78. The summed E-state index contributed by atoms with van der Waals surface area (Å²) in [6.45, 7) is 0. The molecule has 0 aliphatic heterocycles. The molecular formula is C8H8F3NO3. The topological polar surface area (TPSA) is 86.7 Å². The van der Waals surface area contributed by atoms with Crippen LogP contribution in [-0.4, -0.2) is 21.5 Å². The molecule has 0 radical (unpaired) electrons. The van der Waals surface area contributed by atoms with Crippen LogP contribution in [0.25, 0.3) is 0 Å². The molecule has 1 aromatic rings. The summed E-state index contributed by atoms with van der Waals surface area (Å²) in [5.74, 6) is -2.36. The second-order valence-electron chi connectivity index (χ2n) is 2.92. The van der Waals surface area contributed by atoms with E-state index in [9.17, 15) is 13.2 Å². The van der Waals surface area contributed by atoms with E-state index in [0.717, 1.165) is 0 Å². The molecule has 0 spiro atoms. The number of hydrogen-bond acceptors (Lipinski definition) is 4. The molecule has 0 aromatic heterocycles. The Hall–Kier alpha value is -1.63. The van der Waals surface area contributed by atoms with Crippen LogP contribution in [0.4, 0.5) is 13.2 Å². The number of hydrogen-bond donors (Lipinski definition) is 4. The van der Waals surface area contributed by atoms with Crippen LogP contribution in [0.15, 0.2) is 12.1 Å². The number of phenolic OH excluding ortho intramolecular Hbond substituents is 3. The first kappa shape index (κ1) is 11.4. The highest BCUT2D eigenvalue weighted by Gasteiger charge is 2.41. The molecule has 0 heterocycles. The molecule has 0 fully saturated rings. The number of benzene rings is 1. The largest absolute Gasteiger partial charge is 0.508 e. The summed E-state index contributed by atoms with van der Waals surface area (Å²) in [6.07, 6.45) is -4.79. The maximum absolute atomic E-state index is 12.2. The van der Waals surface area contributed by atoms with Gasteiger partial charge in [-0.3, -0.25) is 0 Å². The third-order valence-electron chi connectivity index (χ3n) is 1.78. The van der Waals surface area contributed by atoms with Gasteiger partial charge in [0.25, 0.3) is 0 Å². The van der Waals surface area contributed by atoms with E-state index in [1.54, 1.807) is 0 Å². The maximum atomic E-state index is 12.2. The minimum atomic E-state index is -4.79. The number of nitrogens with two attached hydrogens (primary N) is 1. The van der Waals surface area contributed by atoms with Gasteiger partial charge in [-0.15, -0.1) is 0 Å². The first-order valence-corrected chi connectivity index (χ1v) is 3.80. The fraction of sp³-hybridized carbons (Fsp3) is 0.250. The third kappa shape index (κ3) is 2.24. The van der Waals surface area contributed by atoms with Gasteiger partial charge in [0.15, 0.2) is 0 Å². The van der Waals surface area contributed by atoms with Crippen LogP contribution in [0.2, 0.25) is 0 Å². The Kier molecular flexibility index (Phi) is 2.67. The van der Waals surface area contributed by atoms with Crippen molar-refractivity contribution in [2.45, 2.75) is 12.2 Å². The zero-order chi connectivity index (χ0) is 11.8. The average Bonchev–Trinajstić information content (AvgIpc) is 1.99. The SMILES string of the molecule is NC(c1c(O)cc(O)cc1O)C(F)(F)F. The summed E-state index contributed by atoms with van der Waals surface area (Å²) in [5, 5.41) is 27.1. The average molecular weight is 223 g/mol. The number of phenols is 3. The predicted molar refractivity (Wildman–Crippen MR) is 44.4 cm³/mol. The molecule has 0 aliphatic rings. The lowest BCUT2D eigenvalue weighted by Crippen LogP contribution is -2.28. The molecule has 0 aliphatic carbocycles. The molecule has 1 atom stereocenters. The van der Waals surface area contributed by atoms with Crippen molar-refractivity contribution in [3.8, 4) is 17.2 Å². The molecule has 4 nitrogen and oxygen atoms in total. The quantitative estimate of drug-likeness (QED) is 0.579.